The molecule has 2 aromatic rings. The van der Waals surface area contributed by atoms with Gasteiger partial charge in [-0.25, -0.2) is 0 Å². The van der Waals surface area contributed by atoms with Gasteiger partial charge in [-0.2, -0.15) is 14.0 Å². The smallest absolute Gasteiger partial charge is 0.387 e. The van der Waals surface area contributed by atoms with Crippen LogP contribution in [0, 0.1) is 29.6 Å². The molecule has 9 heteroatoms. The molecule has 0 radical (unpaired) electrons. The normalized spacial score (nSPS) is 18.8. The number of H-pyrrole nitrogens is 1. The maximum Gasteiger partial charge on any atom is 0.387 e. The van der Waals surface area contributed by atoms with E-state index in [1.807, 2.05) is 0 Å². The molecule has 1 aromatic heterocycles. The maximum absolute atomic E-state index is 12.6. The first kappa shape index (κ1) is 17.7. The molecule has 0 saturated heterocycles. The minimum absolute atomic E-state index is 0.0922. The molecule has 2 atom stereocenters. The Kier molecular flexibility index (Phi) is 4.75. The number of alkyl halides is 2. The number of rotatable bonds is 5. The minimum atomic E-state index is -2.98. The fourth-order valence-electron chi connectivity index (χ4n) is 3.02. The van der Waals surface area contributed by atoms with E-state index < -0.39 is 18.4 Å². The highest BCUT2D eigenvalue weighted by molar-refractivity contribution is 5.84. The second kappa shape index (κ2) is 7.00. The average Bonchev–Trinajstić information content (AvgIpc) is 2.95. The number of aromatic nitrogens is 2. The van der Waals surface area contributed by atoms with Gasteiger partial charge in [0.15, 0.2) is 11.5 Å². The Bertz CT molecular complexity index is 875. The number of hydrogen-bond acceptors (Lipinski definition) is 6. The lowest BCUT2D eigenvalue weighted by Gasteiger charge is -2.28. The molecule has 0 saturated carbocycles. The average molecular weight is 362 g/mol. The number of fused-ring (bicyclic) bond motifs is 1. The molecule has 1 aliphatic heterocycles. The van der Waals surface area contributed by atoms with Crippen molar-refractivity contribution in [1.29, 1.82) is 10.7 Å². The summed E-state index contributed by atoms with van der Waals surface area (Å²) >= 11 is 0. The quantitative estimate of drug-likeness (QED) is 0.849. The first-order valence-electron chi connectivity index (χ1n) is 7.88. The number of hydrogen-bond donors (Lipinski definition) is 2. The minimum Gasteiger partial charge on any atom is -0.490 e. The van der Waals surface area contributed by atoms with Crippen LogP contribution in [0.2, 0.25) is 0 Å². The fourth-order valence-corrected chi connectivity index (χ4v) is 3.02. The zero-order valence-electron chi connectivity index (χ0n) is 14.0. The number of halogens is 2. The Morgan fingerprint density at radius 3 is 2.85 bits per heavy atom. The lowest BCUT2D eigenvalue weighted by molar-refractivity contribution is -0.0514. The van der Waals surface area contributed by atoms with E-state index in [0.717, 1.165) is 0 Å². The molecule has 0 fully saturated rings. The summed E-state index contributed by atoms with van der Waals surface area (Å²) in [6, 6.07) is 6.57. The molecule has 1 aromatic carbocycles. The van der Waals surface area contributed by atoms with Crippen molar-refractivity contribution in [3.05, 3.63) is 35.0 Å². The predicted octanol–water partition coefficient (Wildman–Crippen LogP) is 3.36. The number of nitrogens with one attached hydrogen (secondary N) is 2. The predicted molar refractivity (Wildman–Crippen MR) is 86.9 cm³/mol. The van der Waals surface area contributed by atoms with Gasteiger partial charge in [0.05, 0.1) is 12.7 Å². The van der Waals surface area contributed by atoms with Crippen molar-refractivity contribution in [1.82, 2.24) is 10.2 Å². The first-order valence-corrected chi connectivity index (χ1v) is 7.88. The van der Waals surface area contributed by atoms with Crippen LogP contribution in [0.5, 0.6) is 17.4 Å². The van der Waals surface area contributed by atoms with E-state index in [2.05, 4.69) is 21.0 Å². The van der Waals surface area contributed by atoms with E-state index in [0.29, 0.717) is 16.8 Å². The number of nitriles is 1. The summed E-state index contributed by atoms with van der Waals surface area (Å²) in [5.41, 5.74) is 1.96. The van der Waals surface area contributed by atoms with Crippen LogP contribution in [-0.2, 0) is 0 Å². The molecule has 136 valence electrons. The molecular weight excluding hydrogens is 346 g/mol. The molecule has 2 N–H and O–H groups in total. The summed E-state index contributed by atoms with van der Waals surface area (Å²) in [6.07, 6.45) is 0. The largest absolute Gasteiger partial charge is 0.490 e. The molecule has 0 aliphatic carbocycles. The third-order valence-corrected chi connectivity index (χ3v) is 4.07. The van der Waals surface area contributed by atoms with Gasteiger partial charge in [0.25, 0.3) is 0 Å². The highest BCUT2D eigenvalue weighted by atomic mass is 19.3. The maximum atomic E-state index is 12.6. The van der Waals surface area contributed by atoms with E-state index in [1.165, 1.54) is 6.07 Å². The SMILES string of the molecule is CCOc1cc(C2c3c(n[nH]c3C)OC(=N)C2C#N)ccc1OC(F)F. The molecule has 1 aliphatic rings. The van der Waals surface area contributed by atoms with E-state index in [1.54, 1.807) is 26.0 Å². The molecule has 7 nitrogen and oxygen atoms in total. The number of nitrogens with zero attached hydrogens (tertiary/aromatic N) is 2. The Morgan fingerprint density at radius 2 is 2.19 bits per heavy atom. The zero-order valence-corrected chi connectivity index (χ0v) is 14.0. The van der Waals surface area contributed by atoms with Crippen LogP contribution in [-0.4, -0.2) is 29.3 Å². The van der Waals surface area contributed by atoms with Crippen molar-refractivity contribution in [3.63, 3.8) is 0 Å². The molecule has 2 unspecified atom stereocenters. The van der Waals surface area contributed by atoms with Crippen LogP contribution in [0.3, 0.4) is 0 Å². The van der Waals surface area contributed by atoms with E-state index in [4.69, 9.17) is 14.9 Å². The van der Waals surface area contributed by atoms with E-state index in [9.17, 15) is 14.0 Å². The second-order valence-corrected chi connectivity index (χ2v) is 5.64. The molecule has 2 heterocycles. The standard InChI is InChI=1S/C17H16F2N4O3/c1-3-24-12-6-9(4-5-11(12)25-17(18)19)14-10(7-20)15(21)26-16-13(14)8(2)22-23-16/h4-6,10,14,17,21H,3H2,1-2H3,(H,22,23). The van der Waals surface area contributed by atoms with Gasteiger partial charge in [-0.1, -0.05) is 6.07 Å². The van der Waals surface area contributed by atoms with Gasteiger partial charge >= 0.3 is 6.61 Å². The number of benzene rings is 1. The second-order valence-electron chi connectivity index (χ2n) is 5.64. The van der Waals surface area contributed by atoms with Crippen LogP contribution < -0.4 is 14.2 Å². The van der Waals surface area contributed by atoms with Gasteiger partial charge in [0.1, 0.15) is 5.92 Å². The molecular formula is C17H16F2N4O3. The molecule has 3 rings (SSSR count). The summed E-state index contributed by atoms with van der Waals surface area (Å²) in [5, 5.41) is 24.3. The number of aryl methyl sites for hydroxylation is 1. The Morgan fingerprint density at radius 1 is 1.42 bits per heavy atom. The van der Waals surface area contributed by atoms with Crippen molar-refractivity contribution in [2.24, 2.45) is 5.92 Å². The van der Waals surface area contributed by atoms with Crippen LogP contribution in [0.15, 0.2) is 18.2 Å². The summed E-state index contributed by atoms with van der Waals surface area (Å²) < 4.78 is 40.4. The molecule has 0 bridgehead atoms. The van der Waals surface area contributed by atoms with Gasteiger partial charge in [-0.3, -0.25) is 10.5 Å². The van der Waals surface area contributed by atoms with E-state index in [-0.39, 0.29) is 29.9 Å². The Hall–Kier alpha value is -3.15. The van der Waals surface area contributed by atoms with Crippen LogP contribution in [0.25, 0.3) is 0 Å². The molecule has 0 spiro atoms. The monoisotopic (exact) mass is 362 g/mol. The highest BCUT2D eigenvalue weighted by Gasteiger charge is 2.40. The Balaban J connectivity index is 2.11. The summed E-state index contributed by atoms with van der Waals surface area (Å²) in [4.78, 5) is 0. The van der Waals surface area contributed by atoms with Crippen molar-refractivity contribution in [2.75, 3.05) is 6.61 Å². The summed E-state index contributed by atoms with van der Waals surface area (Å²) in [7, 11) is 0. The van der Waals surface area contributed by atoms with Crippen LogP contribution >= 0.6 is 0 Å². The van der Waals surface area contributed by atoms with Crippen LogP contribution in [0.1, 0.15) is 29.7 Å². The lowest BCUT2D eigenvalue weighted by atomic mass is 9.79. The zero-order chi connectivity index (χ0) is 18.8. The third kappa shape index (κ3) is 3.06. The van der Waals surface area contributed by atoms with Crippen LogP contribution in [0.4, 0.5) is 8.78 Å². The fraction of sp³-hybridized carbons (Fsp3) is 0.353. The lowest BCUT2D eigenvalue weighted by Crippen LogP contribution is -2.31. The number of aromatic amines is 1. The Labute approximate surface area is 148 Å². The van der Waals surface area contributed by atoms with Gasteiger partial charge in [0.2, 0.25) is 11.8 Å². The van der Waals surface area contributed by atoms with Gasteiger partial charge in [-0.05, 0) is 31.5 Å². The van der Waals surface area contributed by atoms with E-state index >= 15 is 0 Å². The van der Waals surface area contributed by atoms with Crippen molar-refractivity contribution in [2.45, 2.75) is 26.4 Å². The summed E-state index contributed by atoms with van der Waals surface area (Å²) in [6.45, 7) is 0.776. The van der Waals surface area contributed by atoms with Gasteiger partial charge < -0.3 is 14.2 Å². The third-order valence-electron chi connectivity index (χ3n) is 4.07. The topological polar surface area (TPSA) is 104 Å². The molecule has 26 heavy (non-hydrogen) atoms. The molecule has 0 amide bonds. The van der Waals surface area contributed by atoms with Gasteiger partial charge in [0, 0.05) is 17.2 Å². The first-order chi connectivity index (χ1) is 12.5. The van der Waals surface area contributed by atoms with Crippen molar-refractivity contribution in [3.8, 4) is 23.4 Å². The van der Waals surface area contributed by atoms with Gasteiger partial charge in [-0.15, -0.1) is 5.10 Å². The van der Waals surface area contributed by atoms with Crippen molar-refractivity contribution < 1.29 is 23.0 Å². The van der Waals surface area contributed by atoms with Crippen molar-refractivity contribution >= 4 is 5.90 Å². The highest BCUT2D eigenvalue weighted by Crippen LogP contribution is 2.44. The number of ether oxygens (including phenoxy) is 3. The summed E-state index contributed by atoms with van der Waals surface area (Å²) in [5.74, 6) is -1.37.